The number of hydrogen-bond acceptors (Lipinski definition) is 4. The van der Waals surface area contributed by atoms with Gasteiger partial charge in [-0.05, 0) is 18.4 Å². The zero-order valence-corrected chi connectivity index (χ0v) is 9.34. The summed E-state index contributed by atoms with van der Waals surface area (Å²) in [5.41, 5.74) is 0. The Hall–Kier alpha value is -0.950. The summed E-state index contributed by atoms with van der Waals surface area (Å²) in [6.45, 7) is -0.127. The van der Waals surface area contributed by atoms with Gasteiger partial charge in [0.1, 0.15) is 0 Å². The number of aliphatic hydroxyl groups is 1. The van der Waals surface area contributed by atoms with Crippen LogP contribution in [0, 0.1) is 0 Å². The molecule has 0 unspecified atom stereocenters. The number of urea groups is 1. The molecule has 7 heteroatoms. The highest BCUT2D eigenvalue weighted by Gasteiger charge is 2.17. The molecule has 0 fully saturated rings. The average Bonchev–Trinajstić information content (AvgIpc) is 2.20. The molecule has 2 amide bonds. The summed E-state index contributed by atoms with van der Waals surface area (Å²) in [5, 5.41) is 21.8. The van der Waals surface area contributed by atoms with Crippen LogP contribution < -0.4 is 10.6 Å². The molecule has 0 aliphatic rings. The number of aliphatic hydroxyl groups excluding tert-OH is 1. The van der Waals surface area contributed by atoms with Crippen LogP contribution in [0.15, 0.2) is 0 Å². The van der Waals surface area contributed by atoms with Gasteiger partial charge in [0, 0.05) is 6.54 Å². The molecule has 1 atom stereocenters. The number of rotatable bonds is 7. The molecule has 0 rings (SSSR count). The lowest BCUT2D eigenvalue weighted by atomic mass is 10.3. The molecule has 0 bridgehead atoms. The molecule has 0 aromatic carbocycles. The minimum atomic E-state index is -1.25. The van der Waals surface area contributed by atoms with E-state index in [0.29, 0.717) is 6.54 Å². The van der Waals surface area contributed by atoms with Crippen LogP contribution in [-0.4, -0.2) is 53.4 Å². The van der Waals surface area contributed by atoms with E-state index in [1.165, 1.54) is 0 Å². The van der Waals surface area contributed by atoms with Crippen LogP contribution >= 0.6 is 11.8 Å². The van der Waals surface area contributed by atoms with Crippen molar-refractivity contribution in [3.8, 4) is 0 Å². The number of amides is 2. The Morgan fingerprint density at radius 2 is 2.13 bits per heavy atom. The molecule has 4 N–H and O–H groups in total. The molecule has 0 heterocycles. The second kappa shape index (κ2) is 8.37. The van der Waals surface area contributed by atoms with Crippen molar-refractivity contribution in [3.05, 3.63) is 0 Å². The Balaban J connectivity index is 3.67. The highest BCUT2D eigenvalue weighted by Crippen LogP contribution is 1.93. The van der Waals surface area contributed by atoms with Gasteiger partial charge in [-0.3, -0.25) is 0 Å². The van der Waals surface area contributed by atoms with Crippen molar-refractivity contribution in [2.24, 2.45) is 0 Å². The Morgan fingerprint density at radius 3 is 2.60 bits per heavy atom. The molecule has 0 aliphatic carbocycles. The van der Waals surface area contributed by atoms with Crippen LogP contribution in [0.1, 0.15) is 6.42 Å². The second-order valence-corrected chi connectivity index (χ2v) is 3.81. The highest BCUT2D eigenvalue weighted by molar-refractivity contribution is 7.98. The molecular weight excluding hydrogens is 220 g/mol. The molecule has 0 aliphatic heterocycles. The van der Waals surface area contributed by atoms with Crippen molar-refractivity contribution in [3.63, 3.8) is 0 Å². The third-order valence-electron chi connectivity index (χ3n) is 1.60. The van der Waals surface area contributed by atoms with Gasteiger partial charge in [0.05, 0.1) is 6.61 Å². The number of carbonyl (C=O) groups excluding carboxylic acids is 1. The van der Waals surface area contributed by atoms with Gasteiger partial charge in [-0.15, -0.1) is 0 Å². The first-order valence-corrected chi connectivity index (χ1v) is 5.88. The summed E-state index contributed by atoms with van der Waals surface area (Å²) in [5.74, 6) is -0.320. The number of carboxylic acids is 1. The van der Waals surface area contributed by atoms with Gasteiger partial charge in [0.25, 0.3) is 0 Å². The molecule has 0 radical (unpaired) electrons. The van der Waals surface area contributed by atoms with E-state index in [1.54, 1.807) is 11.8 Å². The fraction of sp³-hybridized carbons (Fsp3) is 0.750. The summed E-state index contributed by atoms with van der Waals surface area (Å²) in [6.07, 6.45) is 2.79. The van der Waals surface area contributed by atoms with Gasteiger partial charge in [-0.1, -0.05) is 0 Å². The van der Waals surface area contributed by atoms with Gasteiger partial charge in [-0.2, -0.15) is 11.8 Å². The van der Waals surface area contributed by atoms with E-state index < -0.39 is 24.6 Å². The van der Waals surface area contributed by atoms with E-state index in [4.69, 9.17) is 10.2 Å². The minimum absolute atomic E-state index is 0.491. The van der Waals surface area contributed by atoms with Gasteiger partial charge in [0.15, 0.2) is 6.04 Å². The predicted molar refractivity (Wildman–Crippen MR) is 58.0 cm³/mol. The summed E-state index contributed by atoms with van der Waals surface area (Å²) in [6, 6.07) is -1.82. The van der Waals surface area contributed by atoms with Crippen molar-refractivity contribution < 1.29 is 19.8 Å². The zero-order chi connectivity index (χ0) is 11.7. The van der Waals surface area contributed by atoms with Crippen molar-refractivity contribution in [2.45, 2.75) is 12.5 Å². The molecule has 0 aromatic heterocycles. The lowest BCUT2D eigenvalue weighted by Gasteiger charge is -2.12. The van der Waals surface area contributed by atoms with E-state index in [0.717, 1.165) is 12.2 Å². The average molecular weight is 236 g/mol. The van der Waals surface area contributed by atoms with E-state index in [-0.39, 0.29) is 0 Å². The molecule has 6 nitrogen and oxygen atoms in total. The zero-order valence-electron chi connectivity index (χ0n) is 8.52. The number of thioether (sulfide) groups is 1. The van der Waals surface area contributed by atoms with Crippen LogP contribution in [-0.2, 0) is 4.79 Å². The third kappa shape index (κ3) is 7.03. The molecule has 0 saturated heterocycles. The predicted octanol–water partition coefficient (Wildman–Crippen LogP) is -0.516. The maximum atomic E-state index is 11.1. The Labute approximate surface area is 92.4 Å². The monoisotopic (exact) mass is 236 g/mol. The van der Waals surface area contributed by atoms with Crippen molar-refractivity contribution in [1.29, 1.82) is 0 Å². The second-order valence-electron chi connectivity index (χ2n) is 2.82. The van der Waals surface area contributed by atoms with Crippen LogP contribution in [0.4, 0.5) is 4.79 Å². The molecular formula is C8H16N2O4S. The first-order chi connectivity index (χ1) is 7.11. The lowest BCUT2D eigenvalue weighted by molar-refractivity contribution is -0.140. The Bertz CT molecular complexity index is 213. The number of hydrogen-bond donors (Lipinski definition) is 4. The molecule has 0 spiro atoms. The van der Waals surface area contributed by atoms with Crippen LogP contribution in [0.25, 0.3) is 0 Å². The van der Waals surface area contributed by atoms with Crippen molar-refractivity contribution in [2.75, 3.05) is 25.2 Å². The van der Waals surface area contributed by atoms with Gasteiger partial charge >= 0.3 is 12.0 Å². The maximum Gasteiger partial charge on any atom is 0.328 e. The first kappa shape index (κ1) is 14.1. The largest absolute Gasteiger partial charge is 0.480 e. The fourth-order valence-electron chi connectivity index (χ4n) is 0.813. The standard InChI is InChI=1S/C8H16N2O4S/c1-15-4-2-3-9-8(14)10-6(5-11)7(12)13/h6,11H,2-5H2,1H3,(H,12,13)(H2,9,10,14)/t6-/m1/s1. The van der Waals surface area contributed by atoms with Crippen LogP contribution in [0.2, 0.25) is 0 Å². The molecule has 0 saturated carbocycles. The summed E-state index contributed by atoms with van der Waals surface area (Å²) in [7, 11) is 0. The maximum absolute atomic E-state index is 11.1. The summed E-state index contributed by atoms with van der Waals surface area (Å²) in [4.78, 5) is 21.5. The summed E-state index contributed by atoms with van der Waals surface area (Å²) < 4.78 is 0. The SMILES string of the molecule is CSCCCNC(=O)N[C@H](CO)C(=O)O. The summed E-state index contributed by atoms with van der Waals surface area (Å²) >= 11 is 1.67. The molecule has 0 aromatic rings. The van der Waals surface area contributed by atoms with Crippen molar-refractivity contribution >= 4 is 23.8 Å². The van der Waals surface area contributed by atoms with Crippen molar-refractivity contribution in [1.82, 2.24) is 10.6 Å². The first-order valence-electron chi connectivity index (χ1n) is 4.48. The number of carbonyl (C=O) groups is 2. The van der Waals surface area contributed by atoms with E-state index in [1.807, 2.05) is 6.26 Å². The minimum Gasteiger partial charge on any atom is -0.480 e. The Morgan fingerprint density at radius 1 is 1.47 bits per heavy atom. The smallest absolute Gasteiger partial charge is 0.328 e. The number of aliphatic carboxylic acids is 1. The van der Waals surface area contributed by atoms with Gasteiger partial charge < -0.3 is 20.8 Å². The Kier molecular flexibility index (Phi) is 7.84. The molecule has 88 valence electrons. The molecule has 15 heavy (non-hydrogen) atoms. The quantitative estimate of drug-likeness (QED) is 0.446. The highest BCUT2D eigenvalue weighted by atomic mass is 32.2. The third-order valence-corrected chi connectivity index (χ3v) is 2.29. The fourth-order valence-corrected chi connectivity index (χ4v) is 1.25. The van der Waals surface area contributed by atoms with Crippen LogP contribution in [0.5, 0.6) is 0 Å². The number of carboxylic acid groups (broad SMARTS) is 1. The van der Waals surface area contributed by atoms with E-state index in [2.05, 4.69) is 10.6 Å². The normalized spacial score (nSPS) is 11.9. The van der Waals surface area contributed by atoms with Gasteiger partial charge in [-0.25, -0.2) is 9.59 Å². The van der Waals surface area contributed by atoms with Gasteiger partial charge in [0.2, 0.25) is 0 Å². The topological polar surface area (TPSA) is 98.7 Å². The lowest BCUT2D eigenvalue weighted by Crippen LogP contribution is -2.48. The van der Waals surface area contributed by atoms with E-state index in [9.17, 15) is 9.59 Å². The number of nitrogens with one attached hydrogen (secondary N) is 2. The van der Waals surface area contributed by atoms with E-state index >= 15 is 0 Å². The van der Waals surface area contributed by atoms with Crippen LogP contribution in [0.3, 0.4) is 0 Å².